The molecule has 0 saturated carbocycles. The average Bonchev–Trinajstić information content (AvgIpc) is 3.41. The van der Waals surface area contributed by atoms with E-state index in [9.17, 15) is 9.90 Å². The van der Waals surface area contributed by atoms with Crippen LogP contribution in [0.3, 0.4) is 0 Å². The van der Waals surface area contributed by atoms with Gasteiger partial charge in [-0.25, -0.2) is 0 Å². The Bertz CT molecular complexity index is 1220. The fraction of sp³-hybridized carbons (Fsp3) is 0.0417. The molecule has 2 heterocycles. The number of allylic oxidation sites excluding steroid dienone is 1. The molecule has 0 spiro atoms. The molecule has 0 aliphatic carbocycles. The van der Waals surface area contributed by atoms with E-state index in [-0.39, 0.29) is 18.2 Å². The highest BCUT2D eigenvalue weighted by Gasteiger charge is 2.34. The Morgan fingerprint density at radius 2 is 1.97 bits per heavy atom. The summed E-state index contributed by atoms with van der Waals surface area (Å²) in [6, 6.07) is 18.0. The summed E-state index contributed by atoms with van der Waals surface area (Å²) < 4.78 is 5.39. The van der Waals surface area contributed by atoms with E-state index in [0.29, 0.717) is 26.4 Å². The van der Waals surface area contributed by atoms with Crippen molar-refractivity contribution < 1.29 is 14.3 Å². The van der Waals surface area contributed by atoms with Crippen LogP contribution in [0.25, 0.3) is 12.2 Å². The number of phenolic OH excluding ortho intramolecular Hbond substituents is 1. The molecule has 0 bridgehead atoms. The van der Waals surface area contributed by atoms with Crippen molar-refractivity contribution in [1.82, 2.24) is 4.90 Å². The molecule has 4 rings (SSSR count). The lowest BCUT2D eigenvalue weighted by atomic mass is 10.2. The standard InChI is InChI=1S/C24H18ClN3O3S/c25-19-10-11-21(29)18(14-19)15-22-23(30)28(16-20-9-5-13-31-20)24(32-22)27-26-12-4-8-17-6-2-1-3-7-17/h1-15,29H,16H2/b8-4+,22-15-,26-12+,27-24-. The highest BCUT2D eigenvalue weighted by Crippen LogP contribution is 2.35. The maximum absolute atomic E-state index is 13.1. The van der Waals surface area contributed by atoms with Crippen LogP contribution in [0.1, 0.15) is 16.9 Å². The van der Waals surface area contributed by atoms with Crippen LogP contribution >= 0.6 is 23.4 Å². The van der Waals surface area contributed by atoms with Gasteiger partial charge in [-0.05, 0) is 59.8 Å². The largest absolute Gasteiger partial charge is 0.507 e. The maximum Gasteiger partial charge on any atom is 0.267 e. The van der Waals surface area contributed by atoms with Crippen molar-refractivity contribution in [2.24, 2.45) is 10.2 Å². The van der Waals surface area contributed by atoms with Crippen molar-refractivity contribution in [3.63, 3.8) is 0 Å². The van der Waals surface area contributed by atoms with Crippen LogP contribution in [-0.4, -0.2) is 27.3 Å². The molecule has 0 atom stereocenters. The molecule has 1 saturated heterocycles. The van der Waals surface area contributed by atoms with Crippen LogP contribution in [0.5, 0.6) is 5.75 Å². The number of aromatic hydroxyl groups is 1. The number of halogens is 1. The predicted octanol–water partition coefficient (Wildman–Crippen LogP) is 5.81. The summed E-state index contributed by atoms with van der Waals surface area (Å²) >= 11 is 7.20. The van der Waals surface area contributed by atoms with Gasteiger partial charge in [0.05, 0.1) is 17.7 Å². The summed E-state index contributed by atoms with van der Waals surface area (Å²) in [6.07, 6.45) is 8.38. The number of rotatable bonds is 6. The van der Waals surface area contributed by atoms with Gasteiger partial charge in [0.2, 0.25) is 0 Å². The molecule has 0 unspecified atom stereocenters. The third kappa shape index (κ3) is 5.38. The van der Waals surface area contributed by atoms with Gasteiger partial charge in [0.25, 0.3) is 5.91 Å². The quantitative estimate of drug-likeness (QED) is 0.284. The van der Waals surface area contributed by atoms with E-state index in [1.54, 1.807) is 48.9 Å². The van der Waals surface area contributed by atoms with Gasteiger partial charge in [0.1, 0.15) is 11.5 Å². The smallest absolute Gasteiger partial charge is 0.267 e. The first-order valence-corrected chi connectivity index (χ1v) is 10.8. The average molecular weight is 464 g/mol. The lowest BCUT2D eigenvalue weighted by Crippen LogP contribution is -2.28. The molecule has 3 aromatic rings. The fourth-order valence-electron chi connectivity index (χ4n) is 2.90. The van der Waals surface area contributed by atoms with Crippen molar-refractivity contribution in [3.8, 4) is 5.75 Å². The van der Waals surface area contributed by atoms with Crippen molar-refractivity contribution in [2.45, 2.75) is 6.54 Å². The summed E-state index contributed by atoms with van der Waals surface area (Å²) in [5.74, 6) is 0.383. The number of phenols is 1. The van der Waals surface area contributed by atoms with Gasteiger partial charge in [0, 0.05) is 16.8 Å². The lowest BCUT2D eigenvalue weighted by Gasteiger charge is -2.12. The molecule has 160 valence electrons. The summed E-state index contributed by atoms with van der Waals surface area (Å²) in [5.41, 5.74) is 1.49. The second-order valence-electron chi connectivity index (χ2n) is 6.70. The van der Waals surface area contributed by atoms with Crippen molar-refractivity contribution in [2.75, 3.05) is 0 Å². The number of thioether (sulfide) groups is 1. The zero-order valence-electron chi connectivity index (χ0n) is 16.8. The molecule has 1 amide bonds. The monoisotopic (exact) mass is 463 g/mol. The molecule has 8 heteroatoms. The van der Waals surface area contributed by atoms with E-state index in [2.05, 4.69) is 10.2 Å². The van der Waals surface area contributed by atoms with Crippen molar-refractivity contribution in [3.05, 3.63) is 99.8 Å². The van der Waals surface area contributed by atoms with Gasteiger partial charge in [-0.15, -0.1) is 5.10 Å². The first-order chi connectivity index (χ1) is 15.6. The molecule has 0 radical (unpaired) electrons. The molecule has 6 nitrogen and oxygen atoms in total. The molecule has 2 aromatic carbocycles. The third-order valence-electron chi connectivity index (χ3n) is 4.44. The zero-order valence-corrected chi connectivity index (χ0v) is 18.3. The fourth-order valence-corrected chi connectivity index (χ4v) is 4.01. The number of carbonyl (C=O) groups is 1. The predicted molar refractivity (Wildman–Crippen MR) is 129 cm³/mol. The van der Waals surface area contributed by atoms with Crippen LogP contribution in [0.15, 0.2) is 92.5 Å². The number of hydrogen-bond acceptors (Lipinski definition) is 6. The summed E-state index contributed by atoms with van der Waals surface area (Å²) in [5, 5.41) is 19.3. The SMILES string of the molecule is O=C1/C(=C/c2cc(Cl)ccc2O)S\C(=N/N=C/C=C/c2ccccc2)N1Cc1ccco1. The highest BCUT2D eigenvalue weighted by atomic mass is 35.5. The molecule has 1 aromatic heterocycles. The number of hydrogen-bond donors (Lipinski definition) is 1. The van der Waals surface area contributed by atoms with Crippen LogP contribution in [-0.2, 0) is 11.3 Å². The first-order valence-electron chi connectivity index (χ1n) is 9.65. The minimum absolute atomic E-state index is 0.0299. The number of carbonyl (C=O) groups excluding carboxylic acids is 1. The van der Waals surface area contributed by atoms with Gasteiger partial charge in [-0.3, -0.25) is 9.69 Å². The molecular weight excluding hydrogens is 446 g/mol. The number of amidine groups is 1. The van der Waals surface area contributed by atoms with Gasteiger partial charge in [-0.1, -0.05) is 48.0 Å². The van der Waals surface area contributed by atoms with Crippen LogP contribution in [0, 0.1) is 0 Å². The van der Waals surface area contributed by atoms with E-state index in [1.807, 2.05) is 36.4 Å². The van der Waals surface area contributed by atoms with Crippen molar-refractivity contribution in [1.29, 1.82) is 0 Å². The Labute approximate surface area is 194 Å². The van der Waals surface area contributed by atoms with E-state index >= 15 is 0 Å². The Morgan fingerprint density at radius 1 is 1.12 bits per heavy atom. The van der Waals surface area contributed by atoms with Crippen LogP contribution in [0.4, 0.5) is 0 Å². The maximum atomic E-state index is 13.1. The molecule has 1 aliphatic heterocycles. The Kier molecular flexibility index (Phi) is 6.89. The number of benzene rings is 2. The van der Waals surface area contributed by atoms with E-state index in [4.69, 9.17) is 16.0 Å². The van der Waals surface area contributed by atoms with Gasteiger partial charge in [-0.2, -0.15) is 5.10 Å². The lowest BCUT2D eigenvalue weighted by molar-refractivity contribution is -0.122. The summed E-state index contributed by atoms with van der Waals surface area (Å²) in [7, 11) is 0. The number of nitrogens with zero attached hydrogens (tertiary/aromatic N) is 3. The second kappa shape index (κ2) is 10.2. The van der Waals surface area contributed by atoms with E-state index in [0.717, 1.165) is 5.56 Å². The first kappa shape index (κ1) is 21.7. The number of amides is 1. The van der Waals surface area contributed by atoms with Crippen molar-refractivity contribution >= 4 is 52.8 Å². The molecular formula is C24H18ClN3O3S. The molecule has 32 heavy (non-hydrogen) atoms. The topological polar surface area (TPSA) is 78.4 Å². The Balaban J connectivity index is 1.58. The van der Waals surface area contributed by atoms with Gasteiger partial charge < -0.3 is 9.52 Å². The minimum atomic E-state index is -0.264. The van der Waals surface area contributed by atoms with E-state index < -0.39 is 0 Å². The van der Waals surface area contributed by atoms with Crippen LogP contribution < -0.4 is 0 Å². The second-order valence-corrected chi connectivity index (χ2v) is 8.15. The van der Waals surface area contributed by atoms with Crippen LogP contribution in [0.2, 0.25) is 5.02 Å². The highest BCUT2D eigenvalue weighted by molar-refractivity contribution is 8.18. The van der Waals surface area contributed by atoms with Gasteiger partial charge in [0.15, 0.2) is 5.17 Å². The van der Waals surface area contributed by atoms with E-state index in [1.165, 1.54) is 22.7 Å². The number of furan rings is 1. The Hall–Kier alpha value is -3.55. The Morgan fingerprint density at radius 3 is 2.75 bits per heavy atom. The summed E-state index contributed by atoms with van der Waals surface area (Å²) in [6.45, 7) is 0.214. The third-order valence-corrected chi connectivity index (χ3v) is 5.67. The summed E-state index contributed by atoms with van der Waals surface area (Å²) in [4.78, 5) is 14.9. The molecule has 1 N–H and O–H groups in total. The molecule has 1 aliphatic rings. The van der Waals surface area contributed by atoms with Gasteiger partial charge >= 0.3 is 0 Å². The molecule has 1 fully saturated rings. The minimum Gasteiger partial charge on any atom is -0.507 e. The zero-order chi connectivity index (χ0) is 22.3. The normalized spacial score (nSPS) is 16.9.